The van der Waals surface area contributed by atoms with Gasteiger partial charge in [-0.15, -0.1) is 11.3 Å². The largest absolute Gasteiger partial charge is 0.481 e. The summed E-state index contributed by atoms with van der Waals surface area (Å²) in [6.45, 7) is 1.49. The van der Waals surface area contributed by atoms with E-state index >= 15 is 0 Å². The van der Waals surface area contributed by atoms with Crippen molar-refractivity contribution in [2.24, 2.45) is 5.92 Å². The third-order valence-corrected chi connectivity index (χ3v) is 5.27. The summed E-state index contributed by atoms with van der Waals surface area (Å²) in [5, 5.41) is 10.6. The average Bonchev–Trinajstić information content (AvgIpc) is 2.83. The molecule has 0 spiro atoms. The molecule has 1 aliphatic heterocycles. The number of nitrogens with zero attached hydrogens (tertiary/aromatic N) is 1. The maximum atomic E-state index is 12.2. The number of piperidine rings is 1. The van der Waals surface area contributed by atoms with Gasteiger partial charge in [0.05, 0.1) is 8.45 Å². The first kappa shape index (κ1) is 14.8. The van der Waals surface area contributed by atoms with Gasteiger partial charge in [0.2, 0.25) is 0 Å². The van der Waals surface area contributed by atoms with Crippen molar-refractivity contribution in [3.05, 3.63) is 19.9 Å². The van der Waals surface area contributed by atoms with Crippen LogP contribution in [0.4, 0.5) is 0 Å². The molecule has 6 heteroatoms. The van der Waals surface area contributed by atoms with Gasteiger partial charge in [-0.05, 0) is 53.8 Å². The van der Waals surface area contributed by atoms with Gasteiger partial charge in [0.15, 0.2) is 0 Å². The first-order valence-electron chi connectivity index (χ1n) is 6.31. The first-order valence-corrected chi connectivity index (χ1v) is 8.27. The minimum absolute atomic E-state index is 0.107. The van der Waals surface area contributed by atoms with Crippen LogP contribution in [0.25, 0.3) is 0 Å². The second-order valence-electron chi connectivity index (χ2n) is 4.81. The van der Waals surface area contributed by atoms with Gasteiger partial charge < -0.3 is 10.0 Å². The number of rotatable bonds is 4. The normalized spacial score (nSPS) is 16.6. The number of carboxylic acid groups (broad SMARTS) is 1. The van der Waals surface area contributed by atoms with Crippen LogP contribution in [-0.4, -0.2) is 35.0 Å². The van der Waals surface area contributed by atoms with Crippen molar-refractivity contribution in [2.75, 3.05) is 13.1 Å². The molecule has 0 aromatic carbocycles. The van der Waals surface area contributed by atoms with E-state index in [9.17, 15) is 9.59 Å². The highest BCUT2D eigenvalue weighted by Gasteiger charge is 2.24. The Bertz CT molecular complexity index is 466. The average molecular weight is 393 g/mol. The monoisotopic (exact) mass is 393 g/mol. The van der Waals surface area contributed by atoms with E-state index in [1.165, 1.54) is 0 Å². The molecule has 1 N–H and O–H groups in total. The highest BCUT2D eigenvalue weighted by molar-refractivity contribution is 14.1. The highest BCUT2D eigenvalue weighted by atomic mass is 127. The summed E-state index contributed by atoms with van der Waals surface area (Å²) in [5.74, 6) is -0.176. The fourth-order valence-corrected chi connectivity index (χ4v) is 3.68. The van der Waals surface area contributed by atoms with E-state index in [4.69, 9.17) is 5.11 Å². The van der Waals surface area contributed by atoms with E-state index in [0.29, 0.717) is 5.92 Å². The summed E-state index contributed by atoms with van der Waals surface area (Å²) in [5.41, 5.74) is 0.776. The maximum Gasteiger partial charge on any atom is 0.303 e. The molecule has 1 saturated heterocycles. The van der Waals surface area contributed by atoms with Crippen molar-refractivity contribution in [3.8, 4) is 0 Å². The lowest BCUT2D eigenvalue weighted by atomic mass is 9.92. The van der Waals surface area contributed by atoms with Crippen LogP contribution in [0.1, 0.15) is 36.0 Å². The van der Waals surface area contributed by atoms with Gasteiger partial charge >= 0.3 is 5.97 Å². The zero-order valence-corrected chi connectivity index (χ0v) is 13.4. The van der Waals surface area contributed by atoms with Gasteiger partial charge in [-0.3, -0.25) is 9.59 Å². The lowest BCUT2D eigenvalue weighted by Gasteiger charge is -2.31. The molecule has 1 aromatic heterocycles. The molecular weight excluding hydrogens is 377 g/mol. The number of halogens is 1. The Morgan fingerprint density at radius 2 is 2.11 bits per heavy atom. The molecule has 0 radical (unpaired) electrons. The number of carbonyl (C=O) groups is 2. The van der Waals surface area contributed by atoms with Crippen LogP contribution in [0.15, 0.2) is 11.4 Å². The first-order chi connectivity index (χ1) is 9.06. The summed E-state index contributed by atoms with van der Waals surface area (Å²) in [4.78, 5) is 24.6. The number of thiophene rings is 1. The fourth-order valence-electron chi connectivity index (χ4n) is 2.36. The lowest BCUT2D eigenvalue weighted by Crippen LogP contribution is -2.38. The minimum Gasteiger partial charge on any atom is -0.481 e. The third-order valence-electron chi connectivity index (χ3n) is 3.48. The van der Waals surface area contributed by atoms with Crippen LogP contribution in [0.3, 0.4) is 0 Å². The van der Waals surface area contributed by atoms with Crippen LogP contribution >= 0.6 is 33.9 Å². The molecule has 104 valence electrons. The molecule has 1 aliphatic rings. The molecule has 2 heterocycles. The number of hydrogen-bond donors (Lipinski definition) is 1. The van der Waals surface area contributed by atoms with Crippen molar-refractivity contribution >= 4 is 45.8 Å². The van der Waals surface area contributed by atoms with E-state index in [1.54, 1.807) is 11.3 Å². The topological polar surface area (TPSA) is 57.6 Å². The standard InChI is InChI=1S/C13H16INO3S/c14-11-7-10(8-19-11)13(18)15-5-3-9(4-6-15)1-2-12(16)17/h7-9H,1-6H2,(H,16,17). The SMILES string of the molecule is O=C(O)CCC1CCN(C(=O)c2csc(I)c2)CC1. The third kappa shape index (κ3) is 4.17. The highest BCUT2D eigenvalue weighted by Crippen LogP contribution is 2.24. The molecule has 0 atom stereocenters. The summed E-state index contributed by atoms with van der Waals surface area (Å²) in [6, 6.07) is 1.92. The quantitative estimate of drug-likeness (QED) is 0.801. The molecule has 4 nitrogen and oxygen atoms in total. The Balaban J connectivity index is 1.83. The summed E-state index contributed by atoms with van der Waals surface area (Å²) in [7, 11) is 0. The molecule has 2 rings (SSSR count). The van der Waals surface area contributed by atoms with Crippen molar-refractivity contribution in [1.82, 2.24) is 4.90 Å². The van der Waals surface area contributed by atoms with E-state index in [2.05, 4.69) is 22.6 Å². The molecule has 19 heavy (non-hydrogen) atoms. The van der Waals surface area contributed by atoms with Crippen molar-refractivity contribution in [3.63, 3.8) is 0 Å². The predicted octanol–water partition coefficient (Wildman–Crippen LogP) is 3.07. The van der Waals surface area contributed by atoms with Gasteiger partial charge in [0.25, 0.3) is 5.91 Å². The van der Waals surface area contributed by atoms with Crippen molar-refractivity contribution < 1.29 is 14.7 Å². The summed E-state index contributed by atoms with van der Waals surface area (Å²) in [6.07, 6.45) is 2.80. The molecule has 0 saturated carbocycles. The van der Waals surface area contributed by atoms with Gasteiger partial charge in [0, 0.05) is 24.9 Å². The molecule has 0 aliphatic carbocycles. The Kier molecular flexibility index (Phi) is 5.20. The zero-order valence-electron chi connectivity index (χ0n) is 10.5. The smallest absolute Gasteiger partial charge is 0.303 e. The second kappa shape index (κ2) is 6.69. The molecule has 1 amide bonds. The zero-order chi connectivity index (χ0) is 13.8. The molecule has 0 bridgehead atoms. The Morgan fingerprint density at radius 1 is 1.42 bits per heavy atom. The fraction of sp³-hybridized carbons (Fsp3) is 0.538. The maximum absolute atomic E-state index is 12.2. The number of aliphatic carboxylic acids is 1. The van der Waals surface area contributed by atoms with Crippen molar-refractivity contribution in [1.29, 1.82) is 0 Å². The second-order valence-corrected chi connectivity index (χ2v) is 7.61. The van der Waals surface area contributed by atoms with E-state index < -0.39 is 5.97 Å². The molecule has 0 unspecified atom stereocenters. The van der Waals surface area contributed by atoms with Gasteiger partial charge in [0.1, 0.15) is 0 Å². The Labute approximate surface area is 129 Å². The number of hydrogen-bond acceptors (Lipinski definition) is 3. The van der Waals surface area contributed by atoms with Gasteiger partial charge in [-0.25, -0.2) is 0 Å². The van der Waals surface area contributed by atoms with Gasteiger partial charge in [-0.1, -0.05) is 0 Å². The van der Waals surface area contributed by atoms with Gasteiger partial charge in [-0.2, -0.15) is 0 Å². The molecule has 1 fully saturated rings. The van der Waals surface area contributed by atoms with E-state index in [0.717, 1.165) is 40.8 Å². The Morgan fingerprint density at radius 3 is 2.63 bits per heavy atom. The van der Waals surface area contributed by atoms with Crippen LogP contribution in [-0.2, 0) is 4.79 Å². The number of amides is 1. The number of likely N-dealkylation sites (tertiary alicyclic amines) is 1. The summed E-state index contributed by atoms with van der Waals surface area (Å²) >= 11 is 3.80. The lowest BCUT2D eigenvalue weighted by molar-refractivity contribution is -0.137. The van der Waals surface area contributed by atoms with Crippen LogP contribution < -0.4 is 0 Å². The van der Waals surface area contributed by atoms with Crippen LogP contribution in [0.2, 0.25) is 0 Å². The number of carbonyl (C=O) groups excluding carboxylic acids is 1. The van der Waals surface area contributed by atoms with E-state index in [-0.39, 0.29) is 12.3 Å². The van der Waals surface area contributed by atoms with Crippen LogP contribution in [0.5, 0.6) is 0 Å². The van der Waals surface area contributed by atoms with Crippen LogP contribution in [0, 0.1) is 8.80 Å². The van der Waals surface area contributed by atoms with E-state index in [1.807, 2.05) is 16.3 Å². The minimum atomic E-state index is -0.730. The Hall–Kier alpha value is -0.630. The molecular formula is C13H16INO3S. The predicted molar refractivity (Wildman–Crippen MR) is 82.5 cm³/mol. The summed E-state index contributed by atoms with van der Waals surface area (Å²) < 4.78 is 1.12. The number of carboxylic acids is 1. The molecule has 1 aromatic rings. The van der Waals surface area contributed by atoms with Crippen molar-refractivity contribution in [2.45, 2.75) is 25.7 Å².